The number of aryl methyl sites for hydroxylation is 1. The first-order valence-electron chi connectivity index (χ1n) is 6.45. The first-order valence-corrected chi connectivity index (χ1v) is 7.24. The minimum absolute atomic E-state index is 0.0271. The summed E-state index contributed by atoms with van der Waals surface area (Å²) in [5, 5.41) is 12.1. The largest absolute Gasteiger partial charge is 0.479 e. The Balaban J connectivity index is 1.64. The van der Waals surface area contributed by atoms with Crippen molar-refractivity contribution in [2.45, 2.75) is 43.4 Å². The van der Waals surface area contributed by atoms with Crippen molar-refractivity contribution in [1.82, 2.24) is 5.32 Å². The molecule has 1 aromatic rings. The topological polar surface area (TPSA) is 49.3 Å². The van der Waals surface area contributed by atoms with Crippen LogP contribution in [0.25, 0.3) is 0 Å². The first-order chi connectivity index (χ1) is 8.98. The maximum absolute atomic E-state index is 13.7. The van der Waals surface area contributed by atoms with Gasteiger partial charge in [0, 0.05) is 29.4 Å². The fourth-order valence-electron chi connectivity index (χ4n) is 3.06. The highest BCUT2D eigenvalue weighted by Gasteiger charge is 2.51. The molecule has 1 atom stereocenters. The SMILES string of the molecule is O=C(O)C1(F)CC(NC2CCc3cc(Br)ccc32)C1. The Hall–Kier alpha value is -0.940. The summed E-state index contributed by atoms with van der Waals surface area (Å²) in [6.45, 7) is 0. The minimum atomic E-state index is -2.02. The molecule has 0 amide bonds. The lowest BCUT2D eigenvalue weighted by Crippen LogP contribution is -2.55. The standard InChI is InChI=1S/C14H15BrFNO2/c15-9-2-3-11-8(5-9)1-4-12(11)17-10-6-14(16,7-10)13(18)19/h2-3,5,10,12,17H,1,4,6-7H2,(H,18,19). The van der Waals surface area contributed by atoms with Crippen LogP contribution in [0.1, 0.15) is 36.4 Å². The van der Waals surface area contributed by atoms with Crippen LogP contribution in [0.2, 0.25) is 0 Å². The van der Waals surface area contributed by atoms with Gasteiger partial charge in [-0.2, -0.15) is 0 Å². The lowest BCUT2D eigenvalue weighted by molar-refractivity contribution is -0.159. The number of alkyl halides is 1. The fraction of sp³-hybridized carbons (Fsp3) is 0.500. The van der Waals surface area contributed by atoms with Crippen LogP contribution in [0.5, 0.6) is 0 Å². The van der Waals surface area contributed by atoms with Gasteiger partial charge in [-0.3, -0.25) is 0 Å². The fourth-order valence-corrected chi connectivity index (χ4v) is 3.47. The van der Waals surface area contributed by atoms with E-state index in [1.165, 1.54) is 11.1 Å². The highest BCUT2D eigenvalue weighted by molar-refractivity contribution is 9.10. The van der Waals surface area contributed by atoms with Gasteiger partial charge in [-0.25, -0.2) is 9.18 Å². The summed E-state index contributed by atoms with van der Waals surface area (Å²) in [5.41, 5.74) is 0.560. The summed E-state index contributed by atoms with van der Waals surface area (Å²) >= 11 is 3.46. The summed E-state index contributed by atoms with van der Waals surface area (Å²) < 4.78 is 14.7. The second-order valence-corrected chi connectivity index (χ2v) is 6.39. The molecule has 19 heavy (non-hydrogen) atoms. The Labute approximate surface area is 119 Å². The molecule has 102 valence electrons. The average molecular weight is 328 g/mol. The molecule has 0 aliphatic heterocycles. The van der Waals surface area contributed by atoms with E-state index in [0.717, 1.165) is 17.3 Å². The van der Waals surface area contributed by atoms with Crippen molar-refractivity contribution in [2.24, 2.45) is 0 Å². The summed E-state index contributed by atoms with van der Waals surface area (Å²) in [6.07, 6.45) is 2.16. The summed E-state index contributed by atoms with van der Waals surface area (Å²) in [5.74, 6) is -1.33. The molecule has 2 N–H and O–H groups in total. The minimum Gasteiger partial charge on any atom is -0.479 e. The number of nitrogens with one attached hydrogen (secondary N) is 1. The molecule has 1 saturated carbocycles. The van der Waals surface area contributed by atoms with Gasteiger partial charge in [-0.1, -0.05) is 22.0 Å². The molecule has 0 saturated heterocycles. The smallest absolute Gasteiger partial charge is 0.341 e. The van der Waals surface area contributed by atoms with Crippen molar-refractivity contribution >= 4 is 21.9 Å². The number of aliphatic carboxylic acids is 1. The van der Waals surface area contributed by atoms with Gasteiger partial charge in [-0.15, -0.1) is 0 Å². The molecule has 1 aromatic carbocycles. The lowest BCUT2D eigenvalue weighted by atomic mass is 9.77. The van der Waals surface area contributed by atoms with E-state index in [2.05, 4.69) is 33.4 Å². The van der Waals surface area contributed by atoms with E-state index in [1.54, 1.807) is 0 Å². The number of hydrogen-bond acceptors (Lipinski definition) is 2. The molecule has 2 aliphatic carbocycles. The van der Waals surface area contributed by atoms with Gasteiger partial charge >= 0.3 is 5.97 Å². The molecular weight excluding hydrogens is 313 g/mol. The molecule has 1 unspecified atom stereocenters. The average Bonchev–Trinajstić information content (AvgIpc) is 2.69. The quantitative estimate of drug-likeness (QED) is 0.897. The van der Waals surface area contributed by atoms with Gasteiger partial charge in [0.25, 0.3) is 0 Å². The van der Waals surface area contributed by atoms with E-state index >= 15 is 0 Å². The molecule has 0 aromatic heterocycles. The molecule has 0 bridgehead atoms. The molecule has 3 rings (SSSR count). The molecular formula is C14H15BrFNO2. The molecule has 1 fully saturated rings. The maximum Gasteiger partial charge on any atom is 0.341 e. The van der Waals surface area contributed by atoms with E-state index < -0.39 is 11.6 Å². The second-order valence-electron chi connectivity index (χ2n) is 5.48. The van der Waals surface area contributed by atoms with Crippen LogP contribution in [0.3, 0.4) is 0 Å². The maximum atomic E-state index is 13.7. The number of halogens is 2. The van der Waals surface area contributed by atoms with Gasteiger partial charge in [0.2, 0.25) is 5.67 Å². The molecule has 5 heteroatoms. The molecule has 0 heterocycles. The van der Waals surface area contributed by atoms with Crippen LogP contribution in [0.4, 0.5) is 4.39 Å². The van der Waals surface area contributed by atoms with E-state index in [9.17, 15) is 9.18 Å². The number of carbonyl (C=O) groups is 1. The number of hydrogen-bond donors (Lipinski definition) is 2. The molecule has 0 spiro atoms. The zero-order valence-electron chi connectivity index (χ0n) is 10.3. The highest BCUT2D eigenvalue weighted by Crippen LogP contribution is 2.40. The van der Waals surface area contributed by atoms with Gasteiger partial charge < -0.3 is 10.4 Å². The van der Waals surface area contributed by atoms with Crippen molar-refractivity contribution in [3.8, 4) is 0 Å². The normalized spacial score (nSPS) is 32.7. The summed E-state index contributed by atoms with van der Waals surface area (Å²) in [7, 11) is 0. The Morgan fingerprint density at radius 3 is 2.89 bits per heavy atom. The van der Waals surface area contributed by atoms with Crippen molar-refractivity contribution in [2.75, 3.05) is 0 Å². The zero-order chi connectivity index (χ0) is 13.6. The molecule has 0 radical (unpaired) electrons. The van der Waals surface area contributed by atoms with Crippen molar-refractivity contribution < 1.29 is 14.3 Å². The van der Waals surface area contributed by atoms with E-state index in [0.29, 0.717) is 0 Å². The highest BCUT2D eigenvalue weighted by atomic mass is 79.9. The van der Waals surface area contributed by atoms with Gasteiger partial charge in [-0.05, 0) is 36.1 Å². The van der Waals surface area contributed by atoms with Crippen LogP contribution >= 0.6 is 15.9 Å². The Morgan fingerprint density at radius 2 is 2.21 bits per heavy atom. The predicted octanol–water partition coefficient (Wildman–Crippen LogP) is 2.98. The number of carboxylic acids is 1. The third-order valence-corrected chi connectivity index (χ3v) is 4.64. The Morgan fingerprint density at radius 1 is 1.47 bits per heavy atom. The summed E-state index contributed by atoms with van der Waals surface area (Å²) in [6, 6.07) is 6.42. The Bertz CT molecular complexity index is 528. The lowest BCUT2D eigenvalue weighted by Gasteiger charge is -2.40. The number of rotatable bonds is 3. The van der Waals surface area contributed by atoms with E-state index in [1.807, 2.05) is 6.07 Å². The third-order valence-electron chi connectivity index (χ3n) is 4.14. The van der Waals surface area contributed by atoms with Crippen molar-refractivity contribution in [3.63, 3.8) is 0 Å². The van der Waals surface area contributed by atoms with Crippen molar-refractivity contribution in [3.05, 3.63) is 33.8 Å². The van der Waals surface area contributed by atoms with Gasteiger partial charge in [0.1, 0.15) is 0 Å². The predicted molar refractivity (Wildman–Crippen MR) is 72.8 cm³/mol. The number of benzene rings is 1. The van der Waals surface area contributed by atoms with Crippen molar-refractivity contribution in [1.29, 1.82) is 0 Å². The zero-order valence-corrected chi connectivity index (χ0v) is 11.9. The van der Waals surface area contributed by atoms with Gasteiger partial charge in [0.05, 0.1) is 0 Å². The van der Waals surface area contributed by atoms with E-state index in [4.69, 9.17) is 5.11 Å². The summed E-state index contributed by atoms with van der Waals surface area (Å²) in [4.78, 5) is 10.7. The van der Waals surface area contributed by atoms with E-state index in [-0.39, 0.29) is 24.9 Å². The monoisotopic (exact) mass is 327 g/mol. The van der Waals surface area contributed by atoms with Crippen LogP contribution in [0.15, 0.2) is 22.7 Å². The molecule has 2 aliphatic rings. The van der Waals surface area contributed by atoms with Crippen LogP contribution in [-0.2, 0) is 11.2 Å². The van der Waals surface area contributed by atoms with Crippen LogP contribution in [0, 0.1) is 0 Å². The Kier molecular flexibility index (Phi) is 3.14. The second kappa shape index (κ2) is 4.56. The first kappa shape index (κ1) is 13.1. The third kappa shape index (κ3) is 2.30. The molecule has 3 nitrogen and oxygen atoms in total. The number of carboxylic acid groups (broad SMARTS) is 1. The van der Waals surface area contributed by atoms with Gasteiger partial charge in [0.15, 0.2) is 0 Å². The number of fused-ring (bicyclic) bond motifs is 1. The van der Waals surface area contributed by atoms with Crippen LogP contribution < -0.4 is 5.32 Å². The van der Waals surface area contributed by atoms with Crippen LogP contribution in [-0.4, -0.2) is 22.8 Å².